The molecule has 0 fully saturated rings. The highest BCUT2D eigenvalue weighted by molar-refractivity contribution is 6.03. The largest absolute Gasteiger partial charge is 0.465 e. The lowest BCUT2D eigenvalue weighted by molar-refractivity contribution is -0.385. The van der Waals surface area contributed by atoms with E-state index in [0.29, 0.717) is 29.9 Å². The predicted molar refractivity (Wildman–Crippen MR) is 136 cm³/mol. The number of nitrogens with one attached hydrogen (secondary N) is 1. The van der Waals surface area contributed by atoms with Crippen molar-refractivity contribution in [3.05, 3.63) is 93.1 Å². The van der Waals surface area contributed by atoms with E-state index >= 15 is 0 Å². The summed E-state index contributed by atoms with van der Waals surface area (Å²) in [6, 6.07) is 13.1. The van der Waals surface area contributed by atoms with Crippen molar-refractivity contribution in [1.82, 2.24) is 30.2 Å². The second kappa shape index (κ2) is 11.9. The van der Waals surface area contributed by atoms with Crippen molar-refractivity contribution in [2.75, 3.05) is 12.0 Å². The molecule has 2 aromatic carbocycles. The number of tetrazole rings is 1. The number of anilines is 1. The molecule has 0 aliphatic carbocycles. The van der Waals surface area contributed by atoms with Gasteiger partial charge in [0.25, 0.3) is 17.5 Å². The first-order chi connectivity index (χ1) is 18.4. The summed E-state index contributed by atoms with van der Waals surface area (Å²) in [6.45, 7) is 2.22. The molecule has 0 atom stereocenters. The number of esters is 1. The van der Waals surface area contributed by atoms with E-state index in [0.717, 1.165) is 18.4 Å². The number of carbonyl (C=O) groups excluding carboxylic acids is 2. The Kier molecular flexibility index (Phi) is 8.16. The van der Waals surface area contributed by atoms with Gasteiger partial charge in [-0.25, -0.2) is 9.78 Å². The van der Waals surface area contributed by atoms with Crippen LogP contribution in [0.25, 0.3) is 0 Å². The minimum Gasteiger partial charge on any atom is -0.465 e. The van der Waals surface area contributed by atoms with Crippen LogP contribution in [0.3, 0.4) is 0 Å². The molecule has 1 amide bonds. The normalized spacial score (nSPS) is 10.8. The quantitative estimate of drug-likeness (QED) is 0.178. The zero-order chi connectivity index (χ0) is 27.1. The number of carbonyl (C=O) groups is 2. The molecule has 38 heavy (non-hydrogen) atoms. The van der Waals surface area contributed by atoms with Gasteiger partial charge in [-0.2, -0.15) is 5.21 Å². The topological polar surface area (TPSA) is 162 Å². The maximum atomic E-state index is 13.9. The fourth-order valence-corrected chi connectivity index (χ4v) is 3.98. The molecule has 0 unspecified atom stereocenters. The summed E-state index contributed by atoms with van der Waals surface area (Å²) in [7, 11) is 1.32. The number of hydrogen-bond donors (Lipinski definition) is 1. The molecule has 0 bridgehead atoms. The number of nitro groups is 1. The molecule has 4 rings (SSSR count). The second-order valence-electron chi connectivity index (χ2n) is 8.43. The summed E-state index contributed by atoms with van der Waals surface area (Å²) in [4.78, 5) is 42.6. The first-order valence-electron chi connectivity index (χ1n) is 11.9. The number of aryl methyl sites for hydroxylation is 1. The van der Waals surface area contributed by atoms with Crippen LogP contribution in [-0.2, 0) is 24.2 Å². The molecule has 0 radical (unpaired) electrons. The molecule has 0 saturated heterocycles. The Bertz CT molecular complexity index is 1420. The summed E-state index contributed by atoms with van der Waals surface area (Å²) >= 11 is 0. The average molecular weight is 519 g/mol. The number of nitro benzene ring substituents is 1. The van der Waals surface area contributed by atoms with E-state index in [4.69, 9.17) is 4.74 Å². The molecule has 2 heterocycles. The van der Waals surface area contributed by atoms with Crippen molar-refractivity contribution in [3.63, 3.8) is 0 Å². The smallest absolute Gasteiger partial charge is 0.337 e. The van der Waals surface area contributed by atoms with Gasteiger partial charge < -0.3 is 9.30 Å². The number of ether oxygens (including phenoxy) is 1. The van der Waals surface area contributed by atoms with E-state index in [1.165, 1.54) is 24.3 Å². The van der Waals surface area contributed by atoms with Gasteiger partial charge in [-0.05, 0) is 29.3 Å². The lowest BCUT2D eigenvalue weighted by atomic mass is 10.1. The first-order valence-corrected chi connectivity index (χ1v) is 11.9. The van der Waals surface area contributed by atoms with Gasteiger partial charge in [-0.3, -0.25) is 19.8 Å². The van der Waals surface area contributed by atoms with Gasteiger partial charge in [0.2, 0.25) is 0 Å². The monoisotopic (exact) mass is 518 g/mol. The fourth-order valence-electron chi connectivity index (χ4n) is 3.98. The van der Waals surface area contributed by atoms with Crippen molar-refractivity contribution in [3.8, 4) is 0 Å². The van der Waals surface area contributed by atoms with Gasteiger partial charge in [0, 0.05) is 24.6 Å². The zero-order valence-corrected chi connectivity index (χ0v) is 20.9. The molecule has 0 spiro atoms. The van der Waals surface area contributed by atoms with E-state index in [1.54, 1.807) is 47.0 Å². The lowest BCUT2D eigenvalue weighted by Crippen LogP contribution is -2.33. The highest BCUT2D eigenvalue weighted by atomic mass is 16.6. The van der Waals surface area contributed by atoms with Crippen molar-refractivity contribution in [1.29, 1.82) is 0 Å². The fraction of sp³-hybridized carbons (Fsp3) is 0.280. The number of aromatic amines is 1. The van der Waals surface area contributed by atoms with Gasteiger partial charge in [-0.15, -0.1) is 5.10 Å². The van der Waals surface area contributed by atoms with E-state index < -0.39 is 16.8 Å². The van der Waals surface area contributed by atoms with Crippen LogP contribution in [0.2, 0.25) is 0 Å². The van der Waals surface area contributed by atoms with E-state index in [1.807, 2.05) is 0 Å². The number of benzene rings is 2. The van der Waals surface area contributed by atoms with Crippen molar-refractivity contribution in [2.24, 2.45) is 0 Å². The zero-order valence-electron chi connectivity index (χ0n) is 20.9. The molecule has 0 saturated carbocycles. The number of amides is 1. The standard InChI is InChI=1S/C25H26N8O5/c1-3-4-9-22-26-14-21(31(22)15-17-10-12-18(13-11-17)24(35)38-2)23(34)32(25-27-29-30-28-25)16-19-7-5-6-8-20(19)33(36)37/h5-8,10-14H,3-4,9,15-16H2,1-2H3,(H,27,28,29,30). The summed E-state index contributed by atoms with van der Waals surface area (Å²) in [5.74, 6) is -0.250. The Balaban J connectivity index is 1.71. The van der Waals surface area contributed by atoms with Gasteiger partial charge in [0.15, 0.2) is 0 Å². The number of H-pyrrole nitrogens is 1. The van der Waals surface area contributed by atoms with E-state index in [2.05, 4.69) is 32.5 Å². The minimum atomic E-state index is -0.501. The number of nitrogens with zero attached hydrogens (tertiary/aromatic N) is 7. The Morgan fingerprint density at radius 2 is 1.92 bits per heavy atom. The van der Waals surface area contributed by atoms with Crippen molar-refractivity contribution in [2.45, 2.75) is 39.3 Å². The third-order valence-electron chi connectivity index (χ3n) is 5.96. The summed E-state index contributed by atoms with van der Waals surface area (Å²) in [6.07, 6.45) is 3.95. The molecule has 2 aromatic heterocycles. The number of hydrogen-bond acceptors (Lipinski definition) is 9. The second-order valence-corrected chi connectivity index (χ2v) is 8.43. The maximum absolute atomic E-state index is 13.9. The molecular weight excluding hydrogens is 492 g/mol. The average Bonchev–Trinajstić information content (AvgIpc) is 3.61. The van der Waals surface area contributed by atoms with Crippen LogP contribution in [0, 0.1) is 10.1 Å². The van der Waals surface area contributed by atoms with Crippen LogP contribution < -0.4 is 4.90 Å². The highest BCUT2D eigenvalue weighted by Crippen LogP contribution is 2.24. The van der Waals surface area contributed by atoms with Crippen LogP contribution in [0.1, 0.15) is 57.6 Å². The summed E-state index contributed by atoms with van der Waals surface area (Å²) in [5.41, 5.74) is 1.70. The van der Waals surface area contributed by atoms with Crippen LogP contribution in [0.15, 0.2) is 54.7 Å². The number of imidazole rings is 1. The lowest BCUT2D eigenvalue weighted by Gasteiger charge is -2.20. The number of para-hydroxylation sites is 1. The minimum absolute atomic E-state index is 0.0292. The molecule has 0 aliphatic rings. The predicted octanol–water partition coefficient (Wildman–Crippen LogP) is 3.33. The number of unbranched alkanes of at least 4 members (excludes halogenated alkanes) is 1. The van der Waals surface area contributed by atoms with Crippen LogP contribution >= 0.6 is 0 Å². The molecule has 4 aromatic rings. The Morgan fingerprint density at radius 3 is 2.58 bits per heavy atom. The Morgan fingerprint density at radius 1 is 1.16 bits per heavy atom. The highest BCUT2D eigenvalue weighted by Gasteiger charge is 2.28. The van der Waals surface area contributed by atoms with Gasteiger partial charge >= 0.3 is 5.97 Å². The third-order valence-corrected chi connectivity index (χ3v) is 5.96. The molecule has 13 nitrogen and oxygen atoms in total. The van der Waals surface area contributed by atoms with Crippen LogP contribution in [0.5, 0.6) is 0 Å². The van der Waals surface area contributed by atoms with Crippen molar-refractivity contribution >= 4 is 23.5 Å². The number of aromatic nitrogens is 6. The Hall–Kier alpha value is -4.94. The third kappa shape index (κ3) is 5.72. The Labute approximate surface area is 217 Å². The van der Waals surface area contributed by atoms with Gasteiger partial charge in [-0.1, -0.05) is 48.8 Å². The van der Waals surface area contributed by atoms with Crippen LogP contribution in [-0.4, -0.2) is 54.1 Å². The molecule has 196 valence electrons. The van der Waals surface area contributed by atoms with Gasteiger partial charge in [0.05, 0.1) is 30.3 Å². The van der Waals surface area contributed by atoms with Gasteiger partial charge in [0.1, 0.15) is 11.5 Å². The molecule has 0 aliphatic heterocycles. The number of rotatable bonds is 11. The summed E-state index contributed by atoms with van der Waals surface area (Å²) < 4.78 is 6.57. The first kappa shape index (κ1) is 26.1. The molecular formula is C25H26N8O5. The number of methoxy groups -OCH3 is 1. The van der Waals surface area contributed by atoms with E-state index in [9.17, 15) is 19.7 Å². The maximum Gasteiger partial charge on any atom is 0.337 e. The molecule has 13 heteroatoms. The summed E-state index contributed by atoms with van der Waals surface area (Å²) in [5, 5.41) is 25.4. The molecule has 1 N–H and O–H groups in total. The van der Waals surface area contributed by atoms with E-state index in [-0.39, 0.29) is 23.9 Å². The van der Waals surface area contributed by atoms with Crippen LogP contribution in [0.4, 0.5) is 11.6 Å². The van der Waals surface area contributed by atoms with Crippen molar-refractivity contribution < 1.29 is 19.2 Å². The SMILES string of the molecule is CCCCc1ncc(C(=O)N(Cc2ccccc2[N+](=O)[O-])c2nn[nH]n2)n1Cc1ccc(C(=O)OC)cc1.